The van der Waals surface area contributed by atoms with Crippen molar-refractivity contribution in [1.29, 1.82) is 0 Å². The van der Waals surface area contributed by atoms with Gasteiger partial charge in [0.25, 0.3) is 5.91 Å². The summed E-state index contributed by atoms with van der Waals surface area (Å²) < 4.78 is 5.73. The van der Waals surface area contributed by atoms with Crippen molar-refractivity contribution in [2.45, 2.75) is 39.8 Å². The molecule has 7 heteroatoms. The number of aromatic nitrogens is 1. The van der Waals surface area contributed by atoms with E-state index in [1.54, 1.807) is 12.3 Å². The van der Waals surface area contributed by atoms with E-state index in [0.29, 0.717) is 24.5 Å². The number of rotatable bonds is 7. The zero-order valence-electron chi connectivity index (χ0n) is 16.2. The Balaban J connectivity index is 0.00000338. The Labute approximate surface area is 173 Å². The summed E-state index contributed by atoms with van der Waals surface area (Å²) in [5, 5.41) is 3.05. The third-order valence-electron chi connectivity index (χ3n) is 4.58. The number of halogens is 2. The zero-order chi connectivity index (χ0) is 18.4. The second kappa shape index (κ2) is 11.1. The molecule has 0 saturated carbocycles. The summed E-state index contributed by atoms with van der Waals surface area (Å²) in [5.74, 6) is 0.818. The number of amides is 1. The topological polar surface area (TPSA) is 77.2 Å². The first-order valence-electron chi connectivity index (χ1n) is 8.51. The van der Waals surface area contributed by atoms with E-state index in [2.05, 4.69) is 10.3 Å². The standard InChI is InChI=1S/C20H27N3O2.2ClH/c1-14(2)20(4,13-21)23-19(24)17-7-5-6-16(10-17)12-25-18-9-8-15(3)22-11-18;;/h5-11,14H,12-13,21H2,1-4H3,(H,23,24);2*1H. The Kier molecular flexibility index (Phi) is 10.4. The van der Waals surface area contributed by atoms with E-state index in [9.17, 15) is 4.79 Å². The molecule has 150 valence electrons. The number of nitrogens with zero attached hydrogens (tertiary/aromatic N) is 1. The Morgan fingerprint density at radius 3 is 2.52 bits per heavy atom. The lowest BCUT2D eigenvalue weighted by Crippen LogP contribution is -2.55. The number of benzene rings is 1. The average Bonchev–Trinajstić information content (AvgIpc) is 2.61. The highest BCUT2D eigenvalue weighted by molar-refractivity contribution is 5.94. The minimum Gasteiger partial charge on any atom is -0.487 e. The average molecular weight is 414 g/mol. The second-order valence-electron chi connectivity index (χ2n) is 6.85. The maximum absolute atomic E-state index is 12.6. The van der Waals surface area contributed by atoms with E-state index in [1.807, 2.05) is 58.0 Å². The van der Waals surface area contributed by atoms with Gasteiger partial charge in [0.1, 0.15) is 12.4 Å². The van der Waals surface area contributed by atoms with Crippen molar-refractivity contribution in [3.05, 3.63) is 59.4 Å². The quantitative estimate of drug-likeness (QED) is 0.720. The first-order valence-corrected chi connectivity index (χ1v) is 8.51. The van der Waals surface area contributed by atoms with Gasteiger partial charge in [-0.3, -0.25) is 9.78 Å². The van der Waals surface area contributed by atoms with Gasteiger partial charge >= 0.3 is 0 Å². The van der Waals surface area contributed by atoms with Gasteiger partial charge in [0, 0.05) is 17.8 Å². The normalized spacial score (nSPS) is 12.4. The van der Waals surface area contributed by atoms with Crippen molar-refractivity contribution in [2.75, 3.05) is 6.54 Å². The fourth-order valence-electron chi connectivity index (χ4n) is 2.27. The van der Waals surface area contributed by atoms with Crippen LogP contribution in [0.1, 0.15) is 42.4 Å². The smallest absolute Gasteiger partial charge is 0.251 e. The van der Waals surface area contributed by atoms with Gasteiger partial charge in [-0.15, -0.1) is 24.8 Å². The number of pyridine rings is 1. The van der Waals surface area contributed by atoms with Crippen molar-refractivity contribution < 1.29 is 9.53 Å². The van der Waals surface area contributed by atoms with Gasteiger partial charge in [0.05, 0.1) is 11.7 Å². The minimum atomic E-state index is -0.433. The molecule has 1 aromatic carbocycles. The summed E-state index contributed by atoms with van der Waals surface area (Å²) >= 11 is 0. The Morgan fingerprint density at radius 1 is 1.26 bits per heavy atom. The van der Waals surface area contributed by atoms with E-state index in [4.69, 9.17) is 10.5 Å². The number of nitrogens with two attached hydrogens (primary N) is 1. The molecule has 0 aliphatic carbocycles. The summed E-state index contributed by atoms with van der Waals surface area (Å²) in [6.07, 6.45) is 1.70. The number of hydrogen-bond acceptors (Lipinski definition) is 4. The fraction of sp³-hybridized carbons (Fsp3) is 0.400. The molecular formula is C20H29Cl2N3O2. The van der Waals surface area contributed by atoms with Gasteiger partial charge in [0.2, 0.25) is 0 Å². The summed E-state index contributed by atoms with van der Waals surface area (Å²) in [4.78, 5) is 16.8. The third kappa shape index (κ3) is 7.01. The molecule has 0 saturated heterocycles. The first kappa shape index (κ1) is 25.2. The summed E-state index contributed by atoms with van der Waals surface area (Å²) in [7, 11) is 0. The molecule has 0 fully saturated rings. The van der Waals surface area contributed by atoms with E-state index < -0.39 is 5.54 Å². The lowest BCUT2D eigenvalue weighted by Gasteiger charge is -2.33. The third-order valence-corrected chi connectivity index (χ3v) is 4.58. The molecule has 1 unspecified atom stereocenters. The number of carbonyl (C=O) groups excluding carboxylic acids is 1. The largest absolute Gasteiger partial charge is 0.487 e. The Bertz CT molecular complexity index is 723. The molecule has 1 amide bonds. The van der Waals surface area contributed by atoms with Crippen LogP contribution in [0.5, 0.6) is 5.75 Å². The van der Waals surface area contributed by atoms with E-state index in [-0.39, 0.29) is 36.6 Å². The number of hydrogen-bond donors (Lipinski definition) is 2. The first-order chi connectivity index (χ1) is 11.8. The molecule has 0 spiro atoms. The molecule has 5 nitrogen and oxygen atoms in total. The van der Waals surface area contributed by atoms with Crippen LogP contribution in [0.4, 0.5) is 0 Å². The number of aryl methyl sites for hydroxylation is 1. The maximum Gasteiger partial charge on any atom is 0.251 e. The van der Waals surface area contributed by atoms with Gasteiger partial charge < -0.3 is 15.8 Å². The highest BCUT2D eigenvalue weighted by atomic mass is 35.5. The molecule has 0 bridgehead atoms. The van der Waals surface area contributed by atoms with Crippen LogP contribution in [-0.4, -0.2) is 23.0 Å². The van der Waals surface area contributed by atoms with Crippen LogP contribution in [-0.2, 0) is 6.61 Å². The maximum atomic E-state index is 12.6. The molecule has 0 aliphatic heterocycles. The van der Waals surface area contributed by atoms with Crippen LogP contribution in [0.3, 0.4) is 0 Å². The van der Waals surface area contributed by atoms with Crippen LogP contribution in [0, 0.1) is 12.8 Å². The SMILES string of the molecule is Cc1ccc(OCc2cccc(C(=O)NC(C)(CN)C(C)C)c2)cn1.Cl.Cl. The predicted octanol–water partition coefficient (Wildman–Crippen LogP) is 3.92. The molecule has 1 aromatic heterocycles. The molecule has 0 radical (unpaired) electrons. The van der Waals surface area contributed by atoms with Crippen molar-refractivity contribution in [1.82, 2.24) is 10.3 Å². The van der Waals surface area contributed by atoms with E-state index >= 15 is 0 Å². The molecule has 2 aromatic rings. The highest BCUT2D eigenvalue weighted by Gasteiger charge is 2.28. The summed E-state index contributed by atoms with van der Waals surface area (Å²) in [6.45, 7) is 8.76. The predicted molar refractivity (Wildman–Crippen MR) is 114 cm³/mol. The summed E-state index contributed by atoms with van der Waals surface area (Å²) in [6, 6.07) is 11.2. The van der Waals surface area contributed by atoms with Crippen LogP contribution in [0.2, 0.25) is 0 Å². The lowest BCUT2D eigenvalue weighted by molar-refractivity contribution is 0.0883. The fourth-order valence-corrected chi connectivity index (χ4v) is 2.27. The van der Waals surface area contributed by atoms with Crippen molar-refractivity contribution >= 4 is 30.7 Å². The van der Waals surface area contributed by atoms with Crippen molar-refractivity contribution in [3.8, 4) is 5.75 Å². The van der Waals surface area contributed by atoms with Crippen LogP contribution < -0.4 is 15.8 Å². The molecule has 1 heterocycles. The van der Waals surface area contributed by atoms with Crippen LogP contribution in [0.15, 0.2) is 42.6 Å². The molecule has 1 atom stereocenters. The van der Waals surface area contributed by atoms with E-state index in [0.717, 1.165) is 11.3 Å². The summed E-state index contributed by atoms with van der Waals surface area (Å²) in [5.41, 5.74) is 7.88. The molecule has 2 rings (SSSR count). The van der Waals surface area contributed by atoms with Gasteiger partial charge in [-0.2, -0.15) is 0 Å². The lowest BCUT2D eigenvalue weighted by atomic mass is 9.88. The number of nitrogens with one attached hydrogen (secondary N) is 1. The van der Waals surface area contributed by atoms with Gasteiger partial charge in [-0.05, 0) is 49.6 Å². The molecule has 27 heavy (non-hydrogen) atoms. The Morgan fingerprint density at radius 2 is 1.96 bits per heavy atom. The molecular weight excluding hydrogens is 385 g/mol. The second-order valence-corrected chi connectivity index (χ2v) is 6.85. The molecule has 0 aliphatic rings. The highest BCUT2D eigenvalue weighted by Crippen LogP contribution is 2.17. The molecule has 3 N–H and O–H groups in total. The van der Waals surface area contributed by atoms with Crippen LogP contribution in [0.25, 0.3) is 0 Å². The van der Waals surface area contributed by atoms with Crippen molar-refractivity contribution in [2.24, 2.45) is 11.7 Å². The van der Waals surface area contributed by atoms with Crippen molar-refractivity contribution in [3.63, 3.8) is 0 Å². The van der Waals surface area contributed by atoms with Crippen LogP contribution >= 0.6 is 24.8 Å². The monoisotopic (exact) mass is 413 g/mol. The van der Waals surface area contributed by atoms with Gasteiger partial charge in [-0.25, -0.2) is 0 Å². The number of carbonyl (C=O) groups is 1. The van der Waals surface area contributed by atoms with Gasteiger partial charge in [-0.1, -0.05) is 26.0 Å². The number of ether oxygens (including phenoxy) is 1. The van der Waals surface area contributed by atoms with Gasteiger partial charge in [0.15, 0.2) is 0 Å². The Hall–Kier alpha value is -1.82. The minimum absolute atomic E-state index is 0. The van der Waals surface area contributed by atoms with E-state index in [1.165, 1.54) is 0 Å². The zero-order valence-corrected chi connectivity index (χ0v) is 17.8.